The lowest BCUT2D eigenvalue weighted by molar-refractivity contribution is 0.0698. The molecule has 0 aliphatic carbocycles. The molecule has 0 unspecified atom stereocenters. The van der Waals surface area contributed by atoms with Crippen LogP contribution in [0.5, 0.6) is 0 Å². The van der Waals surface area contributed by atoms with E-state index in [1.165, 1.54) is 0 Å². The zero-order chi connectivity index (χ0) is 18.8. The lowest BCUT2D eigenvalue weighted by atomic mass is 9.96. The van der Waals surface area contributed by atoms with E-state index in [-0.39, 0.29) is 11.8 Å². The fourth-order valence-corrected chi connectivity index (χ4v) is 4.28. The molecule has 0 saturated carbocycles. The summed E-state index contributed by atoms with van der Waals surface area (Å²) in [5.74, 6) is 1.36. The van der Waals surface area contributed by atoms with Crippen LogP contribution in [0.15, 0.2) is 36.7 Å². The van der Waals surface area contributed by atoms with Gasteiger partial charge in [-0.2, -0.15) is 0 Å². The maximum atomic E-state index is 13.1. The lowest BCUT2D eigenvalue weighted by Crippen LogP contribution is -2.40. The van der Waals surface area contributed by atoms with Crippen molar-refractivity contribution in [3.63, 3.8) is 0 Å². The van der Waals surface area contributed by atoms with Crippen LogP contribution < -0.4 is 0 Å². The maximum absolute atomic E-state index is 13.1. The second-order valence-corrected chi connectivity index (χ2v) is 7.66. The highest BCUT2D eigenvalue weighted by atomic mass is 35.5. The number of para-hydroxylation sites is 1. The molecule has 5 nitrogen and oxygen atoms in total. The minimum absolute atomic E-state index is 0.0208. The Labute approximate surface area is 164 Å². The molecular weight excluding hydrogens is 360 g/mol. The fourth-order valence-electron chi connectivity index (χ4n) is 3.98. The van der Waals surface area contributed by atoms with E-state index in [9.17, 15) is 4.79 Å². The molecule has 3 heterocycles. The molecule has 0 spiro atoms. The van der Waals surface area contributed by atoms with Crippen LogP contribution in [0.4, 0.5) is 0 Å². The Hall–Kier alpha value is -2.27. The molecule has 6 heteroatoms. The van der Waals surface area contributed by atoms with Gasteiger partial charge in [-0.3, -0.25) is 4.79 Å². The van der Waals surface area contributed by atoms with Gasteiger partial charge >= 0.3 is 0 Å². The number of nitrogens with one attached hydrogen (secondary N) is 1. The predicted octanol–water partition coefficient (Wildman–Crippen LogP) is 4.84. The molecule has 142 valence electrons. The van der Waals surface area contributed by atoms with Crippen molar-refractivity contribution in [2.75, 3.05) is 13.1 Å². The molecule has 1 N–H and O–H groups in total. The number of aromatic amines is 1. The Kier molecular flexibility index (Phi) is 5.21. The van der Waals surface area contributed by atoms with Crippen molar-refractivity contribution in [2.45, 2.75) is 45.1 Å². The van der Waals surface area contributed by atoms with Crippen LogP contribution in [-0.4, -0.2) is 38.4 Å². The van der Waals surface area contributed by atoms with Crippen molar-refractivity contribution in [2.24, 2.45) is 0 Å². The Morgan fingerprint density at radius 1 is 1.37 bits per heavy atom. The number of imidazole rings is 1. The van der Waals surface area contributed by atoms with Crippen LogP contribution in [0, 0.1) is 0 Å². The van der Waals surface area contributed by atoms with Crippen molar-refractivity contribution in [3.8, 4) is 0 Å². The van der Waals surface area contributed by atoms with Crippen LogP contribution in [-0.2, 0) is 6.54 Å². The number of carbonyl (C=O) groups excluding carboxylic acids is 1. The van der Waals surface area contributed by atoms with Gasteiger partial charge in [0.1, 0.15) is 11.5 Å². The molecule has 0 bridgehead atoms. The lowest BCUT2D eigenvalue weighted by Gasteiger charge is -2.32. The number of amides is 1. The molecule has 0 radical (unpaired) electrons. The van der Waals surface area contributed by atoms with Crippen molar-refractivity contribution in [3.05, 3.63) is 53.2 Å². The topological polar surface area (TPSA) is 53.9 Å². The van der Waals surface area contributed by atoms with E-state index in [1.54, 1.807) is 0 Å². The summed E-state index contributed by atoms with van der Waals surface area (Å²) in [6, 6.07) is 7.76. The smallest absolute Gasteiger partial charge is 0.271 e. The molecule has 1 saturated heterocycles. The first kappa shape index (κ1) is 18.1. The predicted molar refractivity (Wildman–Crippen MR) is 108 cm³/mol. The zero-order valence-electron chi connectivity index (χ0n) is 15.6. The first-order chi connectivity index (χ1) is 13.2. The third-order valence-electron chi connectivity index (χ3n) is 5.43. The standard InChI is InChI=1S/C21H25ClN4O/c1-2-3-11-25-13-10-23-20(25)15-7-6-12-26(14-15)21(27)19-18(22)16-8-4-5-9-17(16)24-19/h4-5,8-10,13,15,24H,2-3,6-7,11-12,14H2,1H3/t15-/m1/s1. The van der Waals surface area contributed by atoms with E-state index in [0.29, 0.717) is 17.3 Å². The highest BCUT2D eigenvalue weighted by Gasteiger charge is 2.30. The summed E-state index contributed by atoms with van der Waals surface area (Å²) in [7, 11) is 0. The van der Waals surface area contributed by atoms with Crippen molar-refractivity contribution < 1.29 is 4.79 Å². The van der Waals surface area contributed by atoms with Crippen molar-refractivity contribution in [1.82, 2.24) is 19.4 Å². The first-order valence-corrected chi connectivity index (χ1v) is 10.1. The molecule has 4 rings (SSSR count). The molecule has 27 heavy (non-hydrogen) atoms. The number of hydrogen-bond acceptors (Lipinski definition) is 2. The molecule has 1 fully saturated rings. The third-order valence-corrected chi connectivity index (χ3v) is 5.82. The van der Waals surface area contributed by atoms with E-state index in [4.69, 9.17) is 11.6 Å². The fraction of sp³-hybridized carbons (Fsp3) is 0.429. The number of unbranched alkanes of at least 4 members (excludes halogenated alkanes) is 1. The Balaban J connectivity index is 1.55. The molecule has 3 aromatic rings. The number of benzene rings is 1. The minimum Gasteiger partial charge on any atom is -0.349 e. The number of hydrogen-bond donors (Lipinski definition) is 1. The summed E-state index contributed by atoms with van der Waals surface area (Å²) < 4.78 is 2.25. The minimum atomic E-state index is -0.0208. The average Bonchev–Trinajstić information content (AvgIpc) is 3.31. The first-order valence-electron chi connectivity index (χ1n) is 9.75. The van der Waals surface area contributed by atoms with E-state index < -0.39 is 0 Å². The number of piperidine rings is 1. The quantitative estimate of drug-likeness (QED) is 0.684. The second-order valence-electron chi connectivity index (χ2n) is 7.28. The highest BCUT2D eigenvalue weighted by Crippen LogP contribution is 2.31. The Bertz CT molecular complexity index is 945. The summed E-state index contributed by atoms with van der Waals surface area (Å²) in [5, 5.41) is 1.41. The maximum Gasteiger partial charge on any atom is 0.271 e. The molecule has 1 atom stereocenters. The van der Waals surface area contributed by atoms with Crippen LogP contribution in [0.25, 0.3) is 10.9 Å². The summed E-state index contributed by atoms with van der Waals surface area (Å²) in [4.78, 5) is 22.9. The van der Waals surface area contributed by atoms with E-state index in [0.717, 1.165) is 55.5 Å². The number of H-pyrrole nitrogens is 1. The van der Waals surface area contributed by atoms with Gasteiger partial charge in [-0.15, -0.1) is 0 Å². The second kappa shape index (κ2) is 7.77. The number of aryl methyl sites for hydroxylation is 1. The summed E-state index contributed by atoms with van der Waals surface area (Å²) >= 11 is 6.49. The van der Waals surface area contributed by atoms with Gasteiger partial charge in [0.05, 0.1) is 5.02 Å². The van der Waals surface area contributed by atoms with E-state index >= 15 is 0 Å². The normalized spacial score (nSPS) is 17.6. The molecule has 1 aliphatic heterocycles. The van der Waals surface area contributed by atoms with Crippen LogP contribution in [0.1, 0.15) is 54.8 Å². The third kappa shape index (κ3) is 3.48. The molecular formula is C21H25ClN4O. The van der Waals surface area contributed by atoms with Gasteiger partial charge in [-0.05, 0) is 25.3 Å². The zero-order valence-corrected chi connectivity index (χ0v) is 16.4. The van der Waals surface area contributed by atoms with Gasteiger partial charge in [0.15, 0.2) is 0 Å². The molecule has 2 aromatic heterocycles. The summed E-state index contributed by atoms with van der Waals surface area (Å²) in [6.45, 7) is 4.64. The Morgan fingerprint density at radius 2 is 2.22 bits per heavy atom. The Morgan fingerprint density at radius 3 is 3.04 bits per heavy atom. The van der Waals surface area contributed by atoms with Crippen LogP contribution in [0.2, 0.25) is 5.02 Å². The number of fused-ring (bicyclic) bond motifs is 1. The average molecular weight is 385 g/mol. The molecule has 1 aromatic carbocycles. The van der Waals surface area contributed by atoms with Gasteiger partial charge in [-0.1, -0.05) is 43.1 Å². The number of halogens is 1. The van der Waals surface area contributed by atoms with Crippen molar-refractivity contribution in [1.29, 1.82) is 0 Å². The number of likely N-dealkylation sites (tertiary alicyclic amines) is 1. The summed E-state index contributed by atoms with van der Waals surface area (Å²) in [5.41, 5.74) is 1.39. The van der Waals surface area contributed by atoms with Gasteiger partial charge < -0.3 is 14.5 Å². The van der Waals surface area contributed by atoms with E-state index in [2.05, 4.69) is 27.7 Å². The molecule has 1 amide bonds. The number of nitrogens with zero attached hydrogens (tertiary/aromatic N) is 3. The van der Waals surface area contributed by atoms with Gasteiger partial charge in [0, 0.05) is 48.8 Å². The SMILES string of the molecule is CCCCn1ccnc1[C@@H]1CCCN(C(=O)c2[nH]c3ccccc3c2Cl)C1. The van der Waals surface area contributed by atoms with Crippen molar-refractivity contribution >= 4 is 28.4 Å². The number of rotatable bonds is 5. The van der Waals surface area contributed by atoms with Crippen LogP contribution >= 0.6 is 11.6 Å². The number of carbonyl (C=O) groups is 1. The monoisotopic (exact) mass is 384 g/mol. The largest absolute Gasteiger partial charge is 0.349 e. The molecule has 1 aliphatic rings. The highest BCUT2D eigenvalue weighted by molar-refractivity contribution is 6.38. The van der Waals surface area contributed by atoms with Crippen LogP contribution in [0.3, 0.4) is 0 Å². The van der Waals surface area contributed by atoms with E-state index in [1.807, 2.05) is 35.4 Å². The number of aromatic nitrogens is 3. The van der Waals surface area contributed by atoms with Gasteiger partial charge in [-0.25, -0.2) is 4.98 Å². The van der Waals surface area contributed by atoms with Gasteiger partial charge in [0.25, 0.3) is 5.91 Å². The van der Waals surface area contributed by atoms with Gasteiger partial charge in [0.2, 0.25) is 0 Å². The summed E-state index contributed by atoms with van der Waals surface area (Å²) in [6.07, 6.45) is 8.28.